The molecule has 2 rings (SSSR count). The average Bonchev–Trinajstić information content (AvgIpc) is 2.34. The van der Waals surface area contributed by atoms with Crippen molar-refractivity contribution in [1.29, 1.82) is 0 Å². The average molecular weight is 342 g/mol. The normalized spacial score (nSPS) is 11.3. The Morgan fingerprint density at radius 3 is 2.68 bits per heavy atom. The number of hydrogen-bond acceptors (Lipinski definition) is 4. The molecule has 7 heteroatoms. The maximum Gasteiger partial charge on any atom is 0.281 e. The van der Waals surface area contributed by atoms with E-state index >= 15 is 0 Å². The lowest BCUT2D eigenvalue weighted by Gasteiger charge is -2.10. The lowest BCUT2D eigenvalue weighted by molar-refractivity contribution is 0.598. The maximum atomic E-state index is 12.1. The molecule has 0 radical (unpaired) electrons. The number of benzene rings is 1. The predicted molar refractivity (Wildman–Crippen MR) is 78.3 cm³/mol. The van der Waals surface area contributed by atoms with Crippen LogP contribution in [0.4, 0.5) is 11.4 Å². The lowest BCUT2D eigenvalue weighted by Crippen LogP contribution is -2.16. The Morgan fingerprint density at radius 2 is 2.05 bits per heavy atom. The van der Waals surface area contributed by atoms with Crippen LogP contribution in [0.5, 0.6) is 0 Å². The van der Waals surface area contributed by atoms with E-state index in [-0.39, 0.29) is 10.7 Å². The molecule has 19 heavy (non-hydrogen) atoms. The molecule has 1 heterocycles. The molecule has 0 fully saturated rings. The van der Waals surface area contributed by atoms with Crippen molar-refractivity contribution in [3.05, 3.63) is 46.6 Å². The number of pyridine rings is 1. The van der Waals surface area contributed by atoms with Gasteiger partial charge in [0.05, 0.1) is 11.4 Å². The van der Waals surface area contributed by atoms with E-state index in [0.717, 1.165) is 10.0 Å². The van der Waals surface area contributed by atoms with Crippen molar-refractivity contribution in [1.82, 2.24) is 4.98 Å². The zero-order valence-electron chi connectivity index (χ0n) is 10.1. The van der Waals surface area contributed by atoms with Gasteiger partial charge in [0.25, 0.3) is 10.0 Å². The van der Waals surface area contributed by atoms with E-state index in [1.165, 1.54) is 12.3 Å². The van der Waals surface area contributed by atoms with Crippen LogP contribution in [0.15, 0.2) is 46.0 Å². The monoisotopic (exact) mass is 341 g/mol. The fourth-order valence-corrected chi connectivity index (χ4v) is 2.98. The van der Waals surface area contributed by atoms with Crippen LogP contribution in [0.1, 0.15) is 5.56 Å². The van der Waals surface area contributed by atoms with Crippen LogP contribution in [-0.2, 0) is 10.0 Å². The molecule has 2 aromatic rings. The number of aromatic nitrogens is 1. The van der Waals surface area contributed by atoms with Crippen LogP contribution in [0.2, 0.25) is 0 Å². The van der Waals surface area contributed by atoms with E-state index in [1.54, 1.807) is 18.2 Å². The highest BCUT2D eigenvalue weighted by Gasteiger charge is 2.19. The molecule has 0 aliphatic carbocycles. The van der Waals surface area contributed by atoms with Crippen LogP contribution in [-0.4, -0.2) is 13.4 Å². The number of rotatable bonds is 3. The minimum atomic E-state index is -3.78. The summed E-state index contributed by atoms with van der Waals surface area (Å²) in [6.07, 6.45) is 1.38. The SMILES string of the molecule is Cc1ccc(NS(=O)(=O)c2ncccc2N)cc1Br. The van der Waals surface area contributed by atoms with Gasteiger partial charge in [0.2, 0.25) is 0 Å². The van der Waals surface area contributed by atoms with Crippen LogP contribution in [0.3, 0.4) is 0 Å². The third-order valence-corrected chi connectivity index (χ3v) is 4.69. The fraction of sp³-hybridized carbons (Fsp3) is 0.0833. The van der Waals surface area contributed by atoms with Gasteiger partial charge in [-0.1, -0.05) is 22.0 Å². The van der Waals surface area contributed by atoms with Gasteiger partial charge in [0, 0.05) is 10.7 Å². The van der Waals surface area contributed by atoms with E-state index in [0.29, 0.717) is 5.69 Å². The molecule has 0 unspecified atom stereocenters. The van der Waals surface area contributed by atoms with Gasteiger partial charge in [-0.25, -0.2) is 4.98 Å². The molecule has 0 amide bonds. The molecule has 0 spiro atoms. The molecule has 0 saturated heterocycles. The summed E-state index contributed by atoms with van der Waals surface area (Å²) in [5, 5.41) is -0.174. The van der Waals surface area contributed by atoms with Crippen molar-refractivity contribution >= 4 is 37.3 Å². The van der Waals surface area contributed by atoms with E-state index < -0.39 is 10.0 Å². The number of nitrogens with one attached hydrogen (secondary N) is 1. The zero-order valence-corrected chi connectivity index (χ0v) is 12.5. The third-order valence-electron chi connectivity index (χ3n) is 2.48. The van der Waals surface area contributed by atoms with Crippen molar-refractivity contribution in [2.24, 2.45) is 0 Å². The quantitative estimate of drug-likeness (QED) is 0.898. The van der Waals surface area contributed by atoms with Crippen molar-refractivity contribution in [3.8, 4) is 0 Å². The summed E-state index contributed by atoms with van der Waals surface area (Å²) in [5.41, 5.74) is 7.20. The summed E-state index contributed by atoms with van der Waals surface area (Å²) in [6, 6.07) is 8.25. The zero-order chi connectivity index (χ0) is 14.0. The summed E-state index contributed by atoms with van der Waals surface area (Å²) >= 11 is 3.35. The minimum absolute atomic E-state index is 0.112. The van der Waals surface area contributed by atoms with E-state index in [9.17, 15) is 8.42 Å². The number of aryl methyl sites for hydroxylation is 1. The molecule has 0 atom stereocenters. The van der Waals surface area contributed by atoms with E-state index in [4.69, 9.17) is 5.73 Å². The topological polar surface area (TPSA) is 85.1 Å². The maximum absolute atomic E-state index is 12.1. The second kappa shape index (κ2) is 5.18. The smallest absolute Gasteiger partial charge is 0.281 e. The van der Waals surface area contributed by atoms with Crippen LogP contribution in [0, 0.1) is 6.92 Å². The number of nitrogens with zero attached hydrogens (tertiary/aromatic N) is 1. The van der Waals surface area contributed by atoms with Gasteiger partial charge >= 0.3 is 0 Å². The standard InChI is InChI=1S/C12H12BrN3O2S/c1-8-4-5-9(7-10(8)13)16-19(17,18)12-11(14)3-2-6-15-12/h2-7,16H,14H2,1H3. The first kappa shape index (κ1) is 13.8. The minimum Gasteiger partial charge on any atom is -0.396 e. The number of sulfonamides is 1. The molecule has 0 aliphatic rings. The first-order valence-electron chi connectivity index (χ1n) is 5.39. The Kier molecular flexibility index (Phi) is 3.77. The molecule has 1 aromatic carbocycles. The van der Waals surface area contributed by atoms with Gasteiger partial charge in [0.15, 0.2) is 5.03 Å². The van der Waals surface area contributed by atoms with E-state index in [1.807, 2.05) is 13.0 Å². The number of anilines is 2. The summed E-state index contributed by atoms with van der Waals surface area (Å²) in [4.78, 5) is 3.80. The number of hydrogen-bond donors (Lipinski definition) is 2. The molecule has 3 N–H and O–H groups in total. The summed E-state index contributed by atoms with van der Waals surface area (Å²) in [6.45, 7) is 1.92. The first-order valence-corrected chi connectivity index (χ1v) is 7.67. The molecule has 1 aromatic heterocycles. The summed E-state index contributed by atoms with van der Waals surface area (Å²) in [5.74, 6) is 0. The molecular formula is C12H12BrN3O2S. The Morgan fingerprint density at radius 1 is 1.32 bits per heavy atom. The molecule has 0 aliphatic heterocycles. The fourth-order valence-electron chi connectivity index (χ4n) is 1.49. The first-order chi connectivity index (χ1) is 8.90. The van der Waals surface area contributed by atoms with Crippen molar-refractivity contribution < 1.29 is 8.42 Å². The highest BCUT2D eigenvalue weighted by molar-refractivity contribution is 9.10. The summed E-state index contributed by atoms with van der Waals surface area (Å²) < 4.78 is 27.6. The van der Waals surface area contributed by atoms with Crippen LogP contribution < -0.4 is 10.5 Å². The molecule has 5 nitrogen and oxygen atoms in total. The van der Waals surface area contributed by atoms with Crippen molar-refractivity contribution in [2.75, 3.05) is 10.5 Å². The highest BCUT2D eigenvalue weighted by Crippen LogP contribution is 2.23. The highest BCUT2D eigenvalue weighted by atomic mass is 79.9. The molecule has 0 saturated carbocycles. The van der Waals surface area contributed by atoms with Crippen LogP contribution >= 0.6 is 15.9 Å². The van der Waals surface area contributed by atoms with Gasteiger partial charge < -0.3 is 5.73 Å². The van der Waals surface area contributed by atoms with Gasteiger partial charge in [-0.3, -0.25) is 4.72 Å². The van der Waals surface area contributed by atoms with Gasteiger partial charge in [-0.2, -0.15) is 8.42 Å². The third kappa shape index (κ3) is 3.05. The second-order valence-corrected chi connectivity index (χ2v) is 6.42. The van der Waals surface area contributed by atoms with Crippen molar-refractivity contribution in [3.63, 3.8) is 0 Å². The Labute approximate surface area is 120 Å². The second-order valence-electron chi connectivity index (χ2n) is 3.97. The van der Waals surface area contributed by atoms with Gasteiger partial charge in [0.1, 0.15) is 0 Å². The van der Waals surface area contributed by atoms with Gasteiger partial charge in [-0.05, 0) is 36.8 Å². The van der Waals surface area contributed by atoms with E-state index in [2.05, 4.69) is 25.6 Å². The number of nitrogen functional groups attached to an aromatic ring is 1. The predicted octanol–water partition coefficient (Wildman–Crippen LogP) is 2.54. The van der Waals surface area contributed by atoms with Crippen molar-refractivity contribution in [2.45, 2.75) is 11.9 Å². The molecule has 0 bridgehead atoms. The largest absolute Gasteiger partial charge is 0.396 e. The number of halogens is 1. The Bertz CT molecular complexity index is 717. The Balaban J connectivity index is 2.37. The van der Waals surface area contributed by atoms with Crippen LogP contribution in [0.25, 0.3) is 0 Å². The molecule has 100 valence electrons. The molecular weight excluding hydrogens is 330 g/mol. The number of nitrogens with two attached hydrogens (primary N) is 1. The lowest BCUT2D eigenvalue weighted by atomic mass is 10.2. The van der Waals surface area contributed by atoms with Gasteiger partial charge in [-0.15, -0.1) is 0 Å². The summed E-state index contributed by atoms with van der Waals surface area (Å²) in [7, 11) is -3.78. The Hall–Kier alpha value is -1.60.